The van der Waals surface area contributed by atoms with Gasteiger partial charge in [-0.3, -0.25) is 0 Å². The maximum absolute atomic E-state index is 12.7. The van der Waals surface area contributed by atoms with Gasteiger partial charge in [-0.15, -0.1) is 0 Å². The lowest BCUT2D eigenvalue weighted by Crippen LogP contribution is -2.52. The zero-order valence-corrected chi connectivity index (χ0v) is 17.4. The summed E-state index contributed by atoms with van der Waals surface area (Å²) in [6.07, 6.45) is 2.76. The van der Waals surface area contributed by atoms with Crippen LogP contribution in [0.3, 0.4) is 0 Å². The smallest absolute Gasteiger partial charge is 0.317 e. The molecule has 6 nitrogen and oxygen atoms in total. The van der Waals surface area contributed by atoms with Gasteiger partial charge in [-0.2, -0.15) is 5.26 Å². The molecule has 1 unspecified atom stereocenters. The van der Waals surface area contributed by atoms with E-state index in [-0.39, 0.29) is 12.1 Å². The molecule has 6 heteroatoms. The standard InChI is InChI=1S/C23H29N5O/c1-17(2)15-19-6-8-20(9-7-19)18(3)26-23(29)28-13-11-27(12-14-28)22-21(16-24)5-4-10-25-22/h4-10,17-18H,11-15H2,1-3H3,(H,26,29). The predicted octanol–water partition coefficient (Wildman–Crippen LogP) is 3.74. The Balaban J connectivity index is 1.53. The number of hydrogen-bond donors (Lipinski definition) is 1. The highest BCUT2D eigenvalue weighted by molar-refractivity contribution is 5.75. The predicted molar refractivity (Wildman–Crippen MR) is 115 cm³/mol. The number of nitrogens with one attached hydrogen (secondary N) is 1. The molecule has 1 aromatic heterocycles. The Morgan fingerprint density at radius 1 is 1.14 bits per heavy atom. The molecule has 152 valence electrons. The summed E-state index contributed by atoms with van der Waals surface area (Å²) in [7, 11) is 0. The minimum Gasteiger partial charge on any atom is -0.352 e. The van der Waals surface area contributed by atoms with Crippen molar-refractivity contribution >= 4 is 11.8 Å². The molecule has 1 saturated heterocycles. The zero-order valence-electron chi connectivity index (χ0n) is 17.4. The normalized spacial score (nSPS) is 15.1. The van der Waals surface area contributed by atoms with Gasteiger partial charge in [-0.05, 0) is 42.5 Å². The molecule has 29 heavy (non-hydrogen) atoms. The number of carbonyl (C=O) groups is 1. The number of nitrogens with zero attached hydrogens (tertiary/aromatic N) is 4. The summed E-state index contributed by atoms with van der Waals surface area (Å²) < 4.78 is 0. The summed E-state index contributed by atoms with van der Waals surface area (Å²) in [5, 5.41) is 12.4. The highest BCUT2D eigenvalue weighted by Crippen LogP contribution is 2.19. The molecule has 0 saturated carbocycles. The number of benzene rings is 1. The van der Waals surface area contributed by atoms with Crippen molar-refractivity contribution in [3.8, 4) is 6.07 Å². The van der Waals surface area contributed by atoms with E-state index in [9.17, 15) is 10.1 Å². The first-order valence-corrected chi connectivity index (χ1v) is 10.2. The third-order valence-electron chi connectivity index (χ3n) is 5.24. The first-order valence-electron chi connectivity index (χ1n) is 10.2. The van der Waals surface area contributed by atoms with Gasteiger partial charge in [-0.1, -0.05) is 38.1 Å². The van der Waals surface area contributed by atoms with E-state index in [0.717, 1.165) is 12.0 Å². The Labute approximate surface area is 173 Å². The molecule has 0 bridgehead atoms. The molecule has 1 atom stereocenters. The second-order valence-corrected chi connectivity index (χ2v) is 7.97. The Hall–Kier alpha value is -3.07. The van der Waals surface area contributed by atoms with Crippen LogP contribution in [0.15, 0.2) is 42.6 Å². The lowest BCUT2D eigenvalue weighted by Gasteiger charge is -2.36. The molecule has 2 amide bonds. The van der Waals surface area contributed by atoms with Crippen molar-refractivity contribution in [2.45, 2.75) is 33.2 Å². The van der Waals surface area contributed by atoms with Gasteiger partial charge in [-0.25, -0.2) is 9.78 Å². The van der Waals surface area contributed by atoms with Crippen LogP contribution in [0.25, 0.3) is 0 Å². The van der Waals surface area contributed by atoms with Crippen LogP contribution in [0.5, 0.6) is 0 Å². The Morgan fingerprint density at radius 3 is 2.45 bits per heavy atom. The summed E-state index contributed by atoms with van der Waals surface area (Å²) in [6.45, 7) is 8.98. The number of amides is 2. The van der Waals surface area contributed by atoms with Crippen molar-refractivity contribution in [2.24, 2.45) is 5.92 Å². The van der Waals surface area contributed by atoms with Crippen LogP contribution in [0, 0.1) is 17.2 Å². The number of anilines is 1. The molecule has 0 radical (unpaired) electrons. The van der Waals surface area contributed by atoms with E-state index in [2.05, 4.69) is 59.4 Å². The fourth-order valence-corrected chi connectivity index (χ4v) is 3.63. The van der Waals surface area contributed by atoms with E-state index in [0.29, 0.717) is 43.5 Å². The first kappa shape index (κ1) is 20.7. The summed E-state index contributed by atoms with van der Waals surface area (Å²) >= 11 is 0. The van der Waals surface area contributed by atoms with E-state index in [1.807, 2.05) is 11.8 Å². The number of hydrogen-bond acceptors (Lipinski definition) is 4. The third kappa shape index (κ3) is 5.26. The van der Waals surface area contributed by atoms with Crippen molar-refractivity contribution in [2.75, 3.05) is 31.1 Å². The molecular formula is C23H29N5O. The van der Waals surface area contributed by atoms with Crippen LogP contribution in [0.1, 0.15) is 43.5 Å². The van der Waals surface area contributed by atoms with Crippen molar-refractivity contribution in [3.63, 3.8) is 0 Å². The number of aromatic nitrogens is 1. The fraction of sp³-hybridized carbons (Fsp3) is 0.435. The van der Waals surface area contributed by atoms with Crippen molar-refractivity contribution in [1.82, 2.24) is 15.2 Å². The van der Waals surface area contributed by atoms with Gasteiger partial charge < -0.3 is 15.1 Å². The number of nitriles is 1. The maximum Gasteiger partial charge on any atom is 0.317 e. The fourth-order valence-electron chi connectivity index (χ4n) is 3.63. The number of piperazine rings is 1. The van der Waals surface area contributed by atoms with Gasteiger partial charge >= 0.3 is 6.03 Å². The number of carbonyl (C=O) groups excluding carboxylic acids is 1. The van der Waals surface area contributed by atoms with Gasteiger partial charge in [0.05, 0.1) is 11.6 Å². The topological polar surface area (TPSA) is 72.3 Å². The number of urea groups is 1. The molecule has 2 aromatic rings. The second kappa shape index (κ2) is 9.42. The van der Waals surface area contributed by atoms with Gasteiger partial charge in [0.1, 0.15) is 11.9 Å². The first-order chi connectivity index (χ1) is 14.0. The summed E-state index contributed by atoms with van der Waals surface area (Å²) in [5.41, 5.74) is 3.00. The lowest BCUT2D eigenvalue weighted by molar-refractivity contribution is 0.191. The van der Waals surface area contributed by atoms with Crippen LogP contribution in [-0.2, 0) is 6.42 Å². The van der Waals surface area contributed by atoms with E-state index in [4.69, 9.17) is 0 Å². The van der Waals surface area contributed by atoms with Gasteiger partial charge in [0.2, 0.25) is 0 Å². The molecule has 1 fully saturated rings. The molecule has 1 N–H and O–H groups in total. The number of pyridine rings is 1. The molecule has 3 rings (SSSR count). The average molecular weight is 392 g/mol. The van der Waals surface area contributed by atoms with Gasteiger partial charge in [0, 0.05) is 32.4 Å². The molecule has 0 spiro atoms. The van der Waals surface area contributed by atoms with Crippen LogP contribution in [0.2, 0.25) is 0 Å². The van der Waals surface area contributed by atoms with Crippen LogP contribution in [-0.4, -0.2) is 42.1 Å². The van der Waals surface area contributed by atoms with E-state index < -0.39 is 0 Å². The summed E-state index contributed by atoms with van der Waals surface area (Å²) in [6, 6.07) is 14.1. The highest BCUT2D eigenvalue weighted by Gasteiger charge is 2.24. The van der Waals surface area contributed by atoms with Crippen molar-refractivity contribution in [1.29, 1.82) is 5.26 Å². The molecule has 1 aliphatic rings. The summed E-state index contributed by atoms with van der Waals surface area (Å²) in [4.78, 5) is 20.9. The Morgan fingerprint density at radius 2 is 1.83 bits per heavy atom. The van der Waals surface area contributed by atoms with Gasteiger partial charge in [0.15, 0.2) is 0 Å². The minimum atomic E-state index is -0.0510. The monoisotopic (exact) mass is 391 g/mol. The quantitative estimate of drug-likeness (QED) is 0.843. The molecule has 1 aliphatic heterocycles. The maximum atomic E-state index is 12.7. The van der Waals surface area contributed by atoms with Crippen LogP contribution in [0.4, 0.5) is 10.6 Å². The zero-order chi connectivity index (χ0) is 20.8. The van der Waals surface area contributed by atoms with E-state index in [1.54, 1.807) is 18.3 Å². The largest absolute Gasteiger partial charge is 0.352 e. The van der Waals surface area contributed by atoms with Crippen LogP contribution < -0.4 is 10.2 Å². The minimum absolute atomic E-state index is 0.0467. The third-order valence-corrected chi connectivity index (χ3v) is 5.24. The molecular weight excluding hydrogens is 362 g/mol. The van der Waals surface area contributed by atoms with E-state index >= 15 is 0 Å². The molecule has 2 heterocycles. The van der Waals surface area contributed by atoms with E-state index in [1.165, 1.54) is 5.56 Å². The summed E-state index contributed by atoms with van der Waals surface area (Å²) in [5.74, 6) is 1.33. The lowest BCUT2D eigenvalue weighted by atomic mass is 10.00. The van der Waals surface area contributed by atoms with Gasteiger partial charge in [0.25, 0.3) is 0 Å². The molecule has 1 aromatic carbocycles. The Kier molecular flexibility index (Phi) is 6.71. The molecule has 0 aliphatic carbocycles. The second-order valence-electron chi connectivity index (χ2n) is 7.97. The van der Waals surface area contributed by atoms with Crippen molar-refractivity contribution in [3.05, 3.63) is 59.3 Å². The average Bonchev–Trinajstić information content (AvgIpc) is 2.74. The van der Waals surface area contributed by atoms with Crippen LogP contribution >= 0.6 is 0 Å². The Bertz CT molecular complexity index is 864. The van der Waals surface area contributed by atoms with Crippen molar-refractivity contribution < 1.29 is 4.79 Å². The highest BCUT2D eigenvalue weighted by atomic mass is 16.2. The number of rotatable bonds is 5. The SMILES string of the molecule is CC(C)Cc1ccc(C(C)NC(=O)N2CCN(c3ncccc3C#N)CC2)cc1.